The third-order valence-corrected chi connectivity index (χ3v) is 4.11. The zero-order valence-electron chi connectivity index (χ0n) is 11.8. The quantitative estimate of drug-likeness (QED) is 0.891. The van der Waals surface area contributed by atoms with Crippen LogP contribution in [0.1, 0.15) is 25.1 Å². The maximum atomic E-state index is 12.9. The standard InChI is InChI=1S/C14H15BrF3N3/c1-13(2,19-3)12-7-20-8-21(12)11-6-9(14(16,17)18)4-5-10(11)15/h4-8,19H,1-3H3. The van der Waals surface area contributed by atoms with Gasteiger partial charge in [0.25, 0.3) is 0 Å². The predicted octanol–water partition coefficient (Wildman–Crippen LogP) is 4.11. The average molecular weight is 362 g/mol. The second-order valence-corrected chi connectivity index (χ2v) is 6.04. The average Bonchev–Trinajstić information content (AvgIpc) is 2.87. The van der Waals surface area contributed by atoms with Crippen LogP contribution in [0, 0.1) is 0 Å². The molecule has 0 fully saturated rings. The fourth-order valence-electron chi connectivity index (χ4n) is 1.95. The summed E-state index contributed by atoms with van der Waals surface area (Å²) in [5, 5.41) is 3.12. The second kappa shape index (κ2) is 5.46. The molecule has 1 aromatic heterocycles. The molecule has 1 heterocycles. The highest BCUT2D eigenvalue weighted by Crippen LogP contribution is 2.34. The van der Waals surface area contributed by atoms with Gasteiger partial charge in [0, 0.05) is 4.47 Å². The minimum absolute atomic E-state index is 0.403. The van der Waals surface area contributed by atoms with E-state index < -0.39 is 17.3 Å². The van der Waals surface area contributed by atoms with Crippen molar-refractivity contribution in [2.45, 2.75) is 25.6 Å². The van der Waals surface area contributed by atoms with Crippen molar-refractivity contribution < 1.29 is 13.2 Å². The second-order valence-electron chi connectivity index (χ2n) is 5.19. The van der Waals surface area contributed by atoms with E-state index in [4.69, 9.17) is 0 Å². The largest absolute Gasteiger partial charge is 0.416 e. The Labute approximate surface area is 129 Å². The first-order valence-corrected chi connectivity index (χ1v) is 7.05. The van der Waals surface area contributed by atoms with Crippen LogP contribution in [0.25, 0.3) is 5.69 Å². The van der Waals surface area contributed by atoms with Crippen molar-refractivity contribution in [3.63, 3.8) is 0 Å². The molecule has 0 atom stereocenters. The molecule has 7 heteroatoms. The maximum Gasteiger partial charge on any atom is 0.416 e. The van der Waals surface area contributed by atoms with Crippen molar-refractivity contribution in [3.05, 3.63) is 46.5 Å². The van der Waals surface area contributed by atoms with E-state index in [0.29, 0.717) is 10.2 Å². The van der Waals surface area contributed by atoms with Crippen molar-refractivity contribution in [3.8, 4) is 5.69 Å². The first-order chi connectivity index (χ1) is 9.66. The minimum Gasteiger partial charge on any atom is -0.310 e. The van der Waals surface area contributed by atoms with Gasteiger partial charge in [0.2, 0.25) is 0 Å². The van der Waals surface area contributed by atoms with Gasteiger partial charge >= 0.3 is 6.18 Å². The van der Waals surface area contributed by atoms with Crippen LogP contribution in [-0.2, 0) is 11.7 Å². The van der Waals surface area contributed by atoms with E-state index in [1.54, 1.807) is 17.8 Å². The molecular weight excluding hydrogens is 347 g/mol. The molecule has 3 nitrogen and oxygen atoms in total. The first-order valence-electron chi connectivity index (χ1n) is 6.25. The highest BCUT2D eigenvalue weighted by molar-refractivity contribution is 9.10. The van der Waals surface area contributed by atoms with Crippen LogP contribution < -0.4 is 5.32 Å². The summed E-state index contributed by atoms with van der Waals surface area (Å²) in [5.41, 5.74) is 0.0535. The molecule has 0 spiro atoms. The molecule has 21 heavy (non-hydrogen) atoms. The van der Waals surface area contributed by atoms with Gasteiger partial charge in [0.15, 0.2) is 0 Å². The number of halogens is 4. The van der Waals surface area contributed by atoms with Crippen molar-refractivity contribution in [1.29, 1.82) is 0 Å². The molecule has 0 aliphatic rings. The summed E-state index contributed by atoms with van der Waals surface area (Å²) in [4.78, 5) is 4.07. The molecular formula is C14H15BrF3N3. The number of benzene rings is 1. The zero-order valence-corrected chi connectivity index (χ0v) is 13.4. The van der Waals surface area contributed by atoms with Crippen molar-refractivity contribution in [2.75, 3.05) is 7.05 Å². The molecule has 2 rings (SSSR count). The van der Waals surface area contributed by atoms with E-state index in [-0.39, 0.29) is 0 Å². The van der Waals surface area contributed by atoms with Crippen LogP contribution >= 0.6 is 15.9 Å². The normalized spacial score (nSPS) is 12.7. The van der Waals surface area contributed by atoms with Gasteiger partial charge in [-0.1, -0.05) is 0 Å². The Morgan fingerprint density at radius 1 is 1.24 bits per heavy atom. The lowest BCUT2D eigenvalue weighted by molar-refractivity contribution is -0.137. The Morgan fingerprint density at radius 3 is 2.48 bits per heavy atom. The maximum absolute atomic E-state index is 12.9. The van der Waals surface area contributed by atoms with Gasteiger partial charge in [0.05, 0.1) is 35.0 Å². The number of rotatable bonds is 3. The molecule has 1 N–H and O–H groups in total. The summed E-state index contributed by atoms with van der Waals surface area (Å²) >= 11 is 3.31. The van der Waals surface area contributed by atoms with Gasteiger partial charge in [-0.3, -0.25) is 0 Å². The van der Waals surface area contributed by atoms with E-state index >= 15 is 0 Å². The number of nitrogens with zero attached hydrogens (tertiary/aromatic N) is 2. The summed E-state index contributed by atoms with van der Waals surface area (Å²) in [5.74, 6) is 0. The van der Waals surface area contributed by atoms with Crippen LogP contribution in [0.3, 0.4) is 0 Å². The monoisotopic (exact) mass is 361 g/mol. The predicted molar refractivity (Wildman–Crippen MR) is 78.4 cm³/mol. The molecule has 2 aromatic rings. The Bertz CT molecular complexity index is 647. The SMILES string of the molecule is CNC(C)(C)c1cncn1-c1cc(C(F)(F)F)ccc1Br. The van der Waals surface area contributed by atoms with Crippen LogP contribution in [0.2, 0.25) is 0 Å². The van der Waals surface area contributed by atoms with Gasteiger partial charge in [-0.05, 0) is 55.0 Å². The van der Waals surface area contributed by atoms with Gasteiger partial charge < -0.3 is 9.88 Å². The summed E-state index contributed by atoms with van der Waals surface area (Å²) < 4.78 is 40.9. The zero-order chi connectivity index (χ0) is 15.8. The third-order valence-electron chi connectivity index (χ3n) is 3.44. The topological polar surface area (TPSA) is 29.9 Å². The van der Waals surface area contributed by atoms with Gasteiger partial charge in [-0.15, -0.1) is 0 Å². The molecule has 0 saturated heterocycles. The lowest BCUT2D eigenvalue weighted by Crippen LogP contribution is -2.35. The number of imidazole rings is 1. The summed E-state index contributed by atoms with van der Waals surface area (Å²) in [6.07, 6.45) is -1.23. The number of nitrogens with one attached hydrogen (secondary N) is 1. The van der Waals surface area contributed by atoms with Crippen LogP contribution in [0.5, 0.6) is 0 Å². The Kier molecular flexibility index (Phi) is 4.17. The number of hydrogen-bond donors (Lipinski definition) is 1. The van der Waals surface area contributed by atoms with Crippen LogP contribution in [0.4, 0.5) is 13.2 Å². The van der Waals surface area contributed by atoms with E-state index in [2.05, 4.69) is 26.2 Å². The van der Waals surface area contributed by atoms with Gasteiger partial charge in [0.1, 0.15) is 0 Å². The highest BCUT2D eigenvalue weighted by atomic mass is 79.9. The highest BCUT2D eigenvalue weighted by Gasteiger charge is 2.32. The lowest BCUT2D eigenvalue weighted by atomic mass is 10.0. The molecule has 0 saturated carbocycles. The van der Waals surface area contributed by atoms with Crippen molar-refractivity contribution in [2.24, 2.45) is 0 Å². The van der Waals surface area contributed by atoms with E-state index in [9.17, 15) is 13.2 Å². The Morgan fingerprint density at radius 2 is 1.90 bits per heavy atom. The summed E-state index contributed by atoms with van der Waals surface area (Å²) in [6.45, 7) is 3.87. The van der Waals surface area contributed by atoms with Crippen molar-refractivity contribution >= 4 is 15.9 Å². The number of hydrogen-bond acceptors (Lipinski definition) is 2. The number of alkyl halides is 3. The minimum atomic E-state index is -4.38. The Balaban J connectivity index is 2.61. The van der Waals surface area contributed by atoms with Crippen molar-refractivity contribution in [1.82, 2.24) is 14.9 Å². The molecule has 114 valence electrons. The fraction of sp³-hybridized carbons (Fsp3) is 0.357. The molecule has 0 aliphatic heterocycles. The van der Waals surface area contributed by atoms with E-state index in [1.165, 1.54) is 12.4 Å². The summed E-state index contributed by atoms with van der Waals surface area (Å²) in [7, 11) is 1.79. The lowest BCUT2D eigenvalue weighted by Gasteiger charge is -2.26. The third kappa shape index (κ3) is 3.13. The fourth-order valence-corrected chi connectivity index (χ4v) is 2.39. The van der Waals surface area contributed by atoms with Gasteiger partial charge in [-0.2, -0.15) is 13.2 Å². The molecule has 0 bridgehead atoms. The summed E-state index contributed by atoms with van der Waals surface area (Å²) in [6, 6.07) is 3.56. The molecule has 0 unspecified atom stereocenters. The van der Waals surface area contributed by atoms with Gasteiger partial charge in [-0.25, -0.2) is 4.98 Å². The smallest absolute Gasteiger partial charge is 0.310 e. The van der Waals surface area contributed by atoms with Crippen LogP contribution in [-0.4, -0.2) is 16.6 Å². The number of aromatic nitrogens is 2. The van der Waals surface area contributed by atoms with Crippen LogP contribution in [0.15, 0.2) is 35.2 Å². The molecule has 0 radical (unpaired) electrons. The van der Waals surface area contributed by atoms with E-state index in [1.807, 2.05) is 13.8 Å². The Hall–Kier alpha value is -1.34. The molecule has 0 amide bonds. The van der Waals surface area contributed by atoms with E-state index in [0.717, 1.165) is 17.8 Å². The molecule has 1 aromatic carbocycles. The first kappa shape index (κ1) is 16.0. The molecule has 0 aliphatic carbocycles.